The first-order valence-corrected chi connectivity index (χ1v) is 11.7. The fourth-order valence-corrected chi connectivity index (χ4v) is 5.90. The van der Waals surface area contributed by atoms with Crippen LogP contribution in [0.4, 0.5) is 5.69 Å². The number of benzene rings is 2. The molecule has 2 aliphatic heterocycles. The molecule has 2 heterocycles. The van der Waals surface area contributed by atoms with E-state index in [4.69, 9.17) is 0 Å². The van der Waals surface area contributed by atoms with Gasteiger partial charge in [-0.05, 0) is 73.7 Å². The van der Waals surface area contributed by atoms with E-state index in [1.54, 1.807) is 12.1 Å². The monoisotopic (exact) mass is 423 g/mol. The van der Waals surface area contributed by atoms with E-state index in [1.807, 2.05) is 12.1 Å². The fraction of sp³-hybridized carbons (Fsp3) is 0.375. The van der Waals surface area contributed by atoms with Crippen molar-refractivity contribution in [1.29, 1.82) is 0 Å². The van der Waals surface area contributed by atoms with Crippen molar-refractivity contribution >= 4 is 22.6 Å². The largest absolute Gasteiger partial charge is 0.323 e. The Balaban J connectivity index is 1.39. The van der Waals surface area contributed by atoms with Gasteiger partial charge in [0.2, 0.25) is 5.91 Å². The van der Waals surface area contributed by atoms with Gasteiger partial charge in [0.25, 0.3) is 0 Å². The molecule has 1 N–H and O–H groups in total. The summed E-state index contributed by atoms with van der Waals surface area (Å²) in [5.74, 6) is 0.335. The van der Waals surface area contributed by atoms with Crippen molar-refractivity contribution in [2.75, 3.05) is 32.0 Å². The SMILES string of the molecule is C=CC(=O)Nc1ccc(S(=O)N2CCC(C3c4ccccc4CCN3C)CC2)cc1. The van der Waals surface area contributed by atoms with Gasteiger partial charge in [0, 0.05) is 31.4 Å². The van der Waals surface area contributed by atoms with Crippen LogP contribution < -0.4 is 5.32 Å². The number of carbonyl (C=O) groups is 1. The zero-order valence-electron chi connectivity index (χ0n) is 17.4. The minimum atomic E-state index is -1.18. The summed E-state index contributed by atoms with van der Waals surface area (Å²) in [7, 11) is 1.05. The van der Waals surface area contributed by atoms with Crippen LogP contribution in [0.1, 0.15) is 30.0 Å². The number of hydrogen-bond acceptors (Lipinski definition) is 3. The van der Waals surface area contributed by atoms with Crippen LogP contribution in [0.25, 0.3) is 0 Å². The van der Waals surface area contributed by atoms with Crippen molar-refractivity contribution in [2.24, 2.45) is 5.92 Å². The lowest BCUT2D eigenvalue weighted by molar-refractivity contribution is -0.111. The minimum absolute atomic E-state index is 0.250. The highest BCUT2D eigenvalue weighted by Gasteiger charge is 2.34. The molecule has 2 atom stereocenters. The first-order valence-electron chi connectivity index (χ1n) is 10.5. The predicted molar refractivity (Wildman–Crippen MR) is 121 cm³/mol. The molecule has 0 radical (unpaired) electrons. The number of rotatable bonds is 5. The molecule has 4 rings (SSSR count). The summed E-state index contributed by atoms with van der Waals surface area (Å²) < 4.78 is 15.1. The third-order valence-corrected chi connectivity index (χ3v) is 7.78. The summed E-state index contributed by atoms with van der Waals surface area (Å²) in [5.41, 5.74) is 3.64. The average Bonchev–Trinajstić information content (AvgIpc) is 2.79. The molecule has 0 aliphatic carbocycles. The summed E-state index contributed by atoms with van der Waals surface area (Å²) >= 11 is 0. The number of piperidine rings is 1. The van der Waals surface area contributed by atoms with E-state index >= 15 is 0 Å². The van der Waals surface area contributed by atoms with E-state index in [0.29, 0.717) is 17.6 Å². The highest BCUT2D eigenvalue weighted by molar-refractivity contribution is 7.82. The average molecular weight is 424 g/mol. The molecule has 0 saturated carbocycles. The minimum Gasteiger partial charge on any atom is -0.323 e. The maximum absolute atomic E-state index is 13.1. The molecule has 1 saturated heterocycles. The van der Waals surface area contributed by atoms with Crippen LogP contribution in [0.5, 0.6) is 0 Å². The van der Waals surface area contributed by atoms with Crippen LogP contribution in [-0.2, 0) is 22.2 Å². The Morgan fingerprint density at radius 3 is 2.50 bits per heavy atom. The Kier molecular flexibility index (Phi) is 6.46. The first-order chi connectivity index (χ1) is 14.6. The molecule has 6 heteroatoms. The smallest absolute Gasteiger partial charge is 0.247 e. The van der Waals surface area contributed by atoms with Crippen molar-refractivity contribution in [1.82, 2.24) is 9.21 Å². The molecule has 2 aliphatic rings. The molecule has 1 amide bonds. The van der Waals surface area contributed by atoms with Crippen LogP contribution >= 0.6 is 0 Å². The summed E-state index contributed by atoms with van der Waals surface area (Å²) in [4.78, 5) is 14.7. The highest BCUT2D eigenvalue weighted by Crippen LogP contribution is 2.39. The number of fused-ring (bicyclic) bond motifs is 1. The molecular weight excluding hydrogens is 394 g/mol. The zero-order valence-corrected chi connectivity index (χ0v) is 18.2. The predicted octanol–water partition coefficient (Wildman–Crippen LogP) is 3.77. The third-order valence-electron chi connectivity index (χ3n) is 6.27. The topological polar surface area (TPSA) is 52.7 Å². The summed E-state index contributed by atoms with van der Waals surface area (Å²) in [6.45, 7) is 6.21. The van der Waals surface area contributed by atoms with E-state index in [0.717, 1.165) is 43.8 Å². The van der Waals surface area contributed by atoms with Gasteiger partial charge in [0.1, 0.15) is 11.0 Å². The van der Waals surface area contributed by atoms with E-state index in [1.165, 1.54) is 17.2 Å². The fourth-order valence-electron chi connectivity index (χ4n) is 4.69. The molecule has 2 unspecified atom stereocenters. The van der Waals surface area contributed by atoms with E-state index < -0.39 is 11.0 Å². The molecule has 5 nitrogen and oxygen atoms in total. The van der Waals surface area contributed by atoms with E-state index in [2.05, 4.69) is 52.4 Å². The first kappa shape index (κ1) is 21.0. The van der Waals surface area contributed by atoms with Gasteiger partial charge in [-0.3, -0.25) is 9.69 Å². The van der Waals surface area contributed by atoms with Crippen molar-refractivity contribution < 1.29 is 9.00 Å². The second-order valence-corrected chi connectivity index (χ2v) is 9.59. The molecule has 1 fully saturated rings. The Labute approximate surface area is 181 Å². The summed E-state index contributed by atoms with van der Waals surface area (Å²) in [6.07, 6.45) is 4.44. The third kappa shape index (κ3) is 4.41. The standard InChI is InChI=1S/C24H29N3O2S/c1-3-23(28)25-20-8-10-21(11-9-20)30(29)27-16-13-19(14-17-27)24-22-7-5-4-6-18(22)12-15-26(24)2/h3-11,19,24H,1,12-17H2,2H3,(H,25,28). The summed E-state index contributed by atoms with van der Waals surface area (Å²) in [6, 6.07) is 16.5. The second kappa shape index (κ2) is 9.25. The maximum atomic E-state index is 13.1. The van der Waals surface area contributed by atoms with Crippen molar-refractivity contribution in [3.63, 3.8) is 0 Å². The lowest BCUT2D eigenvalue weighted by Gasteiger charge is -2.42. The van der Waals surface area contributed by atoms with E-state index in [9.17, 15) is 9.00 Å². The number of nitrogens with one attached hydrogen (secondary N) is 1. The Hall–Kier alpha value is -2.28. The van der Waals surface area contributed by atoms with Gasteiger partial charge in [-0.2, -0.15) is 0 Å². The molecular formula is C24H29N3O2S. The van der Waals surface area contributed by atoms with Crippen LogP contribution in [0, 0.1) is 5.92 Å². The van der Waals surface area contributed by atoms with Gasteiger partial charge in [-0.1, -0.05) is 30.8 Å². The Bertz CT molecular complexity index is 936. The molecule has 158 valence electrons. The number of hydrogen-bond donors (Lipinski definition) is 1. The molecule has 2 aromatic carbocycles. The molecule has 2 aromatic rings. The van der Waals surface area contributed by atoms with Gasteiger partial charge < -0.3 is 5.32 Å². The quantitative estimate of drug-likeness (QED) is 0.745. The highest BCUT2D eigenvalue weighted by atomic mass is 32.2. The number of carbonyl (C=O) groups excluding carboxylic acids is 1. The number of amides is 1. The van der Waals surface area contributed by atoms with Gasteiger partial charge >= 0.3 is 0 Å². The van der Waals surface area contributed by atoms with E-state index in [-0.39, 0.29) is 5.91 Å². The second-order valence-electron chi connectivity index (χ2n) is 8.11. The summed E-state index contributed by atoms with van der Waals surface area (Å²) in [5, 5.41) is 2.72. The number of likely N-dealkylation sites (N-methyl/N-ethyl adjacent to an activating group) is 1. The zero-order chi connectivity index (χ0) is 21.1. The van der Waals surface area contributed by atoms with Crippen LogP contribution in [0.3, 0.4) is 0 Å². The maximum Gasteiger partial charge on any atom is 0.247 e. The molecule has 30 heavy (non-hydrogen) atoms. The lowest BCUT2D eigenvalue weighted by atomic mass is 9.80. The number of nitrogens with zero attached hydrogens (tertiary/aromatic N) is 2. The molecule has 0 bridgehead atoms. The molecule has 0 aromatic heterocycles. The lowest BCUT2D eigenvalue weighted by Crippen LogP contribution is -2.42. The van der Waals surface area contributed by atoms with Crippen LogP contribution in [0.2, 0.25) is 0 Å². The van der Waals surface area contributed by atoms with Gasteiger partial charge in [-0.15, -0.1) is 0 Å². The van der Waals surface area contributed by atoms with Crippen molar-refractivity contribution in [3.05, 3.63) is 72.3 Å². The van der Waals surface area contributed by atoms with Gasteiger partial charge in [0.15, 0.2) is 0 Å². The molecule has 0 spiro atoms. The van der Waals surface area contributed by atoms with Crippen molar-refractivity contribution in [2.45, 2.75) is 30.2 Å². The van der Waals surface area contributed by atoms with Gasteiger partial charge in [-0.25, -0.2) is 8.51 Å². The Morgan fingerprint density at radius 1 is 1.10 bits per heavy atom. The Morgan fingerprint density at radius 2 is 1.80 bits per heavy atom. The number of anilines is 1. The van der Waals surface area contributed by atoms with Crippen LogP contribution in [-0.4, -0.2) is 46.0 Å². The van der Waals surface area contributed by atoms with Gasteiger partial charge in [0.05, 0.1) is 4.90 Å². The van der Waals surface area contributed by atoms with Crippen molar-refractivity contribution in [3.8, 4) is 0 Å². The normalized spacial score (nSPS) is 21.6. The van der Waals surface area contributed by atoms with Crippen LogP contribution in [0.15, 0.2) is 66.1 Å².